The van der Waals surface area contributed by atoms with Crippen molar-refractivity contribution in [2.45, 2.75) is 63.7 Å². The maximum Gasteiger partial charge on any atom is 0.0815 e. The van der Waals surface area contributed by atoms with Crippen LogP contribution in [0, 0.1) is 17.8 Å². The maximum atomic E-state index is 6.41. The van der Waals surface area contributed by atoms with E-state index in [1.54, 1.807) is 0 Å². The summed E-state index contributed by atoms with van der Waals surface area (Å²) in [5.41, 5.74) is 0. The fourth-order valence-corrected chi connectivity index (χ4v) is 4.79. The van der Waals surface area contributed by atoms with Gasteiger partial charge in [0.1, 0.15) is 0 Å². The Morgan fingerprint density at radius 1 is 1.28 bits per heavy atom. The second kappa shape index (κ2) is 4.50. The van der Waals surface area contributed by atoms with Crippen molar-refractivity contribution < 1.29 is 0 Å². The molecule has 3 heteroatoms. The van der Waals surface area contributed by atoms with E-state index in [4.69, 9.17) is 20.1 Å². The summed E-state index contributed by atoms with van der Waals surface area (Å²) < 4.78 is 0. The third-order valence-electron chi connectivity index (χ3n) is 5.62. The van der Waals surface area contributed by atoms with Gasteiger partial charge in [0.2, 0.25) is 0 Å². The second-order valence-corrected chi connectivity index (χ2v) is 7.45. The zero-order valence-corrected chi connectivity index (χ0v) is 12.5. The summed E-state index contributed by atoms with van der Waals surface area (Å²) in [5.74, 6) is 2.28. The quantitative estimate of drug-likeness (QED) is 0.524. The summed E-state index contributed by atoms with van der Waals surface area (Å²) >= 11 is 5.78. The van der Waals surface area contributed by atoms with Gasteiger partial charge in [-0.25, -0.2) is 0 Å². The van der Waals surface area contributed by atoms with Crippen molar-refractivity contribution in [3.05, 3.63) is 0 Å². The molecule has 98 valence electrons. The maximum absolute atomic E-state index is 6.41. The van der Waals surface area contributed by atoms with Crippen LogP contribution in [0.5, 0.6) is 0 Å². The fraction of sp³-hybridized carbons (Fsp3) is 0.933. The van der Waals surface area contributed by atoms with Crippen LogP contribution in [0.4, 0.5) is 0 Å². The first kappa shape index (κ1) is 13.0. The molecule has 1 heterocycles. The van der Waals surface area contributed by atoms with Crippen molar-refractivity contribution in [2.75, 3.05) is 6.54 Å². The molecule has 2 radical (unpaired) electrons. The molecule has 0 aromatic rings. The van der Waals surface area contributed by atoms with E-state index in [-0.39, 0.29) is 5.31 Å². The van der Waals surface area contributed by atoms with Crippen LogP contribution in [0.15, 0.2) is 0 Å². The number of hydrogen-bond acceptors (Lipinski definition) is 1. The van der Waals surface area contributed by atoms with Crippen LogP contribution in [0.25, 0.3) is 0 Å². The van der Waals surface area contributed by atoms with Gasteiger partial charge < -0.3 is 4.90 Å². The summed E-state index contributed by atoms with van der Waals surface area (Å²) in [6.07, 6.45) is 7.74. The van der Waals surface area contributed by atoms with Crippen LogP contribution in [-0.4, -0.2) is 30.3 Å². The summed E-state index contributed by atoms with van der Waals surface area (Å²) in [7, 11) is 6.41. The van der Waals surface area contributed by atoms with Gasteiger partial charge in [-0.1, -0.05) is 30.4 Å². The molecule has 3 fully saturated rings. The van der Waals surface area contributed by atoms with E-state index >= 15 is 0 Å². The van der Waals surface area contributed by atoms with Crippen LogP contribution in [-0.2, 0) is 0 Å². The molecule has 3 aliphatic rings. The molecule has 18 heavy (non-hydrogen) atoms. The topological polar surface area (TPSA) is 3.24 Å². The smallest absolute Gasteiger partial charge is 0.0815 e. The number of piperidine rings is 1. The van der Waals surface area contributed by atoms with Gasteiger partial charge in [-0.3, -0.25) is 0 Å². The molecular formula is C15H24BNS. The minimum atomic E-state index is 0.224. The molecule has 0 N–H and O–H groups in total. The number of nitrogens with zero attached hydrogens (tertiary/aromatic N) is 1. The molecule has 2 aliphatic carbocycles. The van der Waals surface area contributed by atoms with Crippen LogP contribution >= 0.6 is 12.2 Å². The highest BCUT2D eigenvalue weighted by Crippen LogP contribution is 2.64. The number of thiocarbonyl (C=S) groups is 1. The largest absolute Gasteiger partial charge is 0.363 e. The lowest BCUT2D eigenvalue weighted by atomic mass is 9.69. The monoisotopic (exact) mass is 261 g/mol. The molecule has 4 unspecified atom stereocenters. The number of hydrogen-bond donors (Lipinski definition) is 0. The van der Waals surface area contributed by atoms with E-state index in [0.29, 0.717) is 12.0 Å². The van der Waals surface area contributed by atoms with Crippen LogP contribution in [0.3, 0.4) is 0 Å². The molecule has 4 atom stereocenters. The third-order valence-corrected chi connectivity index (χ3v) is 6.16. The van der Waals surface area contributed by atoms with Crippen molar-refractivity contribution in [3.63, 3.8) is 0 Å². The SMILES string of the molecule is [B]C12CCC3CCN(C(C)C)C(=S)C3CCC1C2. The third kappa shape index (κ3) is 2.13. The average molecular weight is 261 g/mol. The first-order chi connectivity index (χ1) is 8.51. The normalized spacial score (nSPS) is 44.1. The second-order valence-electron chi connectivity index (χ2n) is 7.03. The van der Waals surface area contributed by atoms with Crippen molar-refractivity contribution >= 4 is 25.1 Å². The minimum Gasteiger partial charge on any atom is -0.363 e. The van der Waals surface area contributed by atoms with Crippen molar-refractivity contribution in [3.8, 4) is 0 Å². The number of rotatable bonds is 1. The lowest BCUT2D eigenvalue weighted by molar-refractivity contribution is 0.202. The Morgan fingerprint density at radius 3 is 2.78 bits per heavy atom. The lowest BCUT2D eigenvalue weighted by Crippen LogP contribution is -2.48. The highest BCUT2D eigenvalue weighted by atomic mass is 32.1. The van der Waals surface area contributed by atoms with Gasteiger partial charge in [-0.15, -0.1) is 0 Å². The van der Waals surface area contributed by atoms with Gasteiger partial charge in [0.05, 0.1) is 12.8 Å². The minimum absolute atomic E-state index is 0.224. The molecule has 0 bridgehead atoms. The Kier molecular flexibility index (Phi) is 3.24. The molecule has 1 saturated heterocycles. The van der Waals surface area contributed by atoms with Gasteiger partial charge in [-0.2, -0.15) is 0 Å². The number of likely N-dealkylation sites (tertiary alicyclic amines) is 1. The molecule has 1 nitrogen and oxygen atoms in total. The Morgan fingerprint density at radius 2 is 2.06 bits per heavy atom. The van der Waals surface area contributed by atoms with E-state index in [1.807, 2.05) is 0 Å². The van der Waals surface area contributed by atoms with E-state index in [0.717, 1.165) is 11.8 Å². The lowest BCUT2D eigenvalue weighted by Gasteiger charge is -2.44. The highest BCUT2D eigenvalue weighted by Gasteiger charge is 2.50. The van der Waals surface area contributed by atoms with Crippen LogP contribution in [0.2, 0.25) is 5.31 Å². The Bertz CT molecular complexity index is 356. The van der Waals surface area contributed by atoms with Crippen molar-refractivity contribution in [1.29, 1.82) is 0 Å². The standard InChI is InChI=1S/C15H24BNS/c1-10(2)17-8-6-11-5-7-15(16)9-12(15)3-4-13(11)14(17)18/h10-13H,3-9H2,1-2H3. The zero-order valence-electron chi connectivity index (χ0n) is 11.7. The van der Waals surface area contributed by atoms with Crippen molar-refractivity contribution in [2.24, 2.45) is 17.8 Å². The van der Waals surface area contributed by atoms with Crippen LogP contribution < -0.4 is 0 Å². The molecule has 0 aromatic carbocycles. The first-order valence-electron chi connectivity index (χ1n) is 7.60. The Labute approximate surface area is 118 Å². The summed E-state index contributed by atoms with van der Waals surface area (Å²) in [6, 6.07) is 0.568. The molecule has 0 amide bonds. The van der Waals surface area contributed by atoms with E-state index in [2.05, 4.69) is 18.7 Å². The van der Waals surface area contributed by atoms with Crippen LogP contribution in [0.1, 0.15) is 52.4 Å². The summed E-state index contributed by atoms with van der Waals surface area (Å²) in [4.78, 5) is 3.71. The number of fused-ring (bicyclic) bond motifs is 2. The molecule has 3 rings (SSSR count). The average Bonchev–Trinajstić information content (AvgIpc) is 2.93. The molecule has 2 saturated carbocycles. The van der Waals surface area contributed by atoms with Gasteiger partial charge in [0.15, 0.2) is 0 Å². The highest BCUT2D eigenvalue weighted by molar-refractivity contribution is 7.80. The predicted octanol–water partition coefficient (Wildman–Crippen LogP) is 3.58. The fourth-order valence-electron chi connectivity index (χ4n) is 4.18. The van der Waals surface area contributed by atoms with E-state index in [9.17, 15) is 0 Å². The molecule has 0 aromatic heterocycles. The van der Waals surface area contributed by atoms with E-state index in [1.165, 1.54) is 50.1 Å². The zero-order chi connectivity index (χ0) is 12.9. The van der Waals surface area contributed by atoms with Gasteiger partial charge in [0.25, 0.3) is 0 Å². The van der Waals surface area contributed by atoms with Gasteiger partial charge >= 0.3 is 0 Å². The van der Waals surface area contributed by atoms with Gasteiger partial charge in [-0.05, 0) is 51.4 Å². The van der Waals surface area contributed by atoms with Gasteiger partial charge in [0, 0.05) is 18.5 Å². The predicted molar refractivity (Wildman–Crippen MR) is 81.1 cm³/mol. The first-order valence-corrected chi connectivity index (χ1v) is 8.01. The summed E-state index contributed by atoms with van der Waals surface area (Å²) in [6.45, 7) is 5.70. The van der Waals surface area contributed by atoms with E-state index < -0.39 is 0 Å². The molecule has 0 spiro atoms. The Hall–Kier alpha value is -0.0451. The molecular weight excluding hydrogens is 237 g/mol. The van der Waals surface area contributed by atoms with Crippen molar-refractivity contribution in [1.82, 2.24) is 4.90 Å². The molecule has 1 aliphatic heterocycles. The summed E-state index contributed by atoms with van der Waals surface area (Å²) in [5, 5.41) is 0.224. The Balaban J connectivity index is 1.72.